The maximum Gasteiger partial charge on any atom is 0.246 e. The first-order chi connectivity index (χ1) is 20.1. The van der Waals surface area contributed by atoms with Gasteiger partial charge in [-0.05, 0) is 50.6 Å². The summed E-state index contributed by atoms with van der Waals surface area (Å²) in [6.07, 6.45) is 8.56. The van der Waals surface area contributed by atoms with E-state index in [4.69, 9.17) is 9.47 Å². The fraction of sp³-hybridized carbons (Fsp3) is 0.290. The molecule has 2 fully saturated rings. The predicted molar refractivity (Wildman–Crippen MR) is 155 cm³/mol. The minimum absolute atomic E-state index is 0.0276. The molecule has 3 heterocycles. The molecule has 4 aromatic rings. The molecule has 1 saturated heterocycles. The highest BCUT2D eigenvalue weighted by Gasteiger charge is 2.28. The molecule has 0 spiro atoms. The molecule has 0 bridgehead atoms. The van der Waals surface area contributed by atoms with Crippen molar-refractivity contribution in [1.82, 2.24) is 25.0 Å². The number of likely N-dealkylation sites (tertiary alicyclic amines) is 1. The topological polar surface area (TPSA) is 119 Å². The minimum atomic E-state index is 0.0276. The molecule has 1 amide bonds. The van der Waals surface area contributed by atoms with Crippen molar-refractivity contribution >= 4 is 22.8 Å². The number of para-hydroxylation sites is 1. The number of likely N-dealkylation sites (N-methyl/N-ethyl adjacent to an activating group) is 1. The lowest BCUT2D eigenvalue weighted by Gasteiger charge is -2.16. The van der Waals surface area contributed by atoms with Gasteiger partial charge in [0.1, 0.15) is 34.5 Å². The number of H-pyrrole nitrogens is 1. The summed E-state index contributed by atoms with van der Waals surface area (Å²) in [7, 11) is 2.10. The van der Waals surface area contributed by atoms with E-state index in [9.17, 15) is 10.1 Å². The number of nitriles is 1. The Hall–Kier alpha value is -4.88. The monoisotopic (exact) mass is 549 g/mol. The van der Waals surface area contributed by atoms with E-state index in [1.807, 2.05) is 41.3 Å². The third kappa shape index (κ3) is 6.15. The van der Waals surface area contributed by atoms with Crippen LogP contribution < -0.4 is 14.8 Å². The van der Waals surface area contributed by atoms with Crippen LogP contribution >= 0.6 is 0 Å². The van der Waals surface area contributed by atoms with Crippen LogP contribution in [0.5, 0.6) is 23.0 Å². The first-order valence-corrected chi connectivity index (χ1v) is 13.8. The number of carbonyl (C=O) groups excluding carboxylic acids is 1. The number of fused-ring (bicyclic) bond motifs is 1. The Labute approximate surface area is 238 Å². The van der Waals surface area contributed by atoms with Crippen molar-refractivity contribution in [3.8, 4) is 29.1 Å². The molecule has 1 aliphatic carbocycles. The molecule has 2 aromatic carbocycles. The number of amides is 1. The van der Waals surface area contributed by atoms with Crippen LogP contribution in [0.4, 0.5) is 5.82 Å². The van der Waals surface area contributed by atoms with Gasteiger partial charge in [-0.25, -0.2) is 4.98 Å². The minimum Gasteiger partial charge on any atom is -0.457 e. The lowest BCUT2D eigenvalue weighted by Crippen LogP contribution is -2.30. The van der Waals surface area contributed by atoms with Crippen molar-refractivity contribution in [2.45, 2.75) is 31.3 Å². The van der Waals surface area contributed by atoms with Gasteiger partial charge in [-0.3, -0.25) is 14.8 Å². The molecule has 2 aromatic heterocycles. The fourth-order valence-corrected chi connectivity index (χ4v) is 4.97. The van der Waals surface area contributed by atoms with E-state index in [0.29, 0.717) is 64.5 Å². The first kappa shape index (κ1) is 26.3. The van der Waals surface area contributed by atoms with Gasteiger partial charge in [-0.2, -0.15) is 10.4 Å². The summed E-state index contributed by atoms with van der Waals surface area (Å²) in [5.74, 6) is 2.74. The van der Waals surface area contributed by atoms with Crippen LogP contribution in [0.15, 0.2) is 72.9 Å². The van der Waals surface area contributed by atoms with Gasteiger partial charge in [0.05, 0.1) is 5.56 Å². The molecular weight excluding hydrogens is 518 g/mol. The van der Waals surface area contributed by atoms with Gasteiger partial charge in [0.25, 0.3) is 0 Å². The number of ether oxygens (including phenoxy) is 2. The van der Waals surface area contributed by atoms with Crippen molar-refractivity contribution in [2.75, 3.05) is 32.0 Å². The van der Waals surface area contributed by atoms with Gasteiger partial charge in [0.15, 0.2) is 11.5 Å². The molecule has 2 N–H and O–H groups in total. The van der Waals surface area contributed by atoms with Crippen molar-refractivity contribution in [3.05, 3.63) is 78.5 Å². The van der Waals surface area contributed by atoms with E-state index in [1.54, 1.807) is 36.5 Å². The number of nitrogens with one attached hydrogen (secondary N) is 2. The molecule has 208 valence electrons. The lowest BCUT2D eigenvalue weighted by molar-refractivity contribution is -0.125. The van der Waals surface area contributed by atoms with Crippen LogP contribution in [-0.4, -0.2) is 69.7 Å². The Morgan fingerprint density at radius 1 is 1.15 bits per heavy atom. The number of carbonyl (C=O) groups is 1. The number of aromatic amines is 1. The van der Waals surface area contributed by atoms with Gasteiger partial charge in [0.2, 0.25) is 5.91 Å². The van der Waals surface area contributed by atoms with Gasteiger partial charge in [0, 0.05) is 56.1 Å². The third-order valence-electron chi connectivity index (χ3n) is 7.36. The second-order valence-electron chi connectivity index (χ2n) is 10.4. The summed E-state index contributed by atoms with van der Waals surface area (Å²) in [5, 5.41) is 21.3. The standard InChI is InChI=1S/C31H31N7O3/c1-37(23-9-10-23)16-5-8-28(39)38-17-14-22(20-38)34-31-29-27(13-15-33-30(29)35-36-31)41-26-12-11-25(18-21(26)19-32)40-24-6-3-2-4-7-24/h2-8,11-13,15,18,22-23H,9-10,14,16-17,20H2,1H3,(H2,33,34,35,36)/b8-5+. The summed E-state index contributed by atoms with van der Waals surface area (Å²) >= 11 is 0. The number of rotatable bonds is 10. The van der Waals surface area contributed by atoms with Crippen LogP contribution in [0.3, 0.4) is 0 Å². The molecule has 1 atom stereocenters. The normalized spacial score (nSPS) is 16.8. The van der Waals surface area contributed by atoms with Gasteiger partial charge < -0.3 is 19.7 Å². The molecule has 10 heteroatoms. The SMILES string of the molecule is CN(C/C=C/C(=O)N1CCC(Nc2n[nH]c3nccc(Oc4ccc(Oc5ccccc5)cc4C#N)c23)C1)C1CC1. The second-order valence-corrected chi connectivity index (χ2v) is 10.4. The quantitative estimate of drug-likeness (QED) is 0.263. The second kappa shape index (κ2) is 11.7. The number of aromatic nitrogens is 3. The van der Waals surface area contributed by atoms with E-state index >= 15 is 0 Å². The zero-order chi connectivity index (χ0) is 28.2. The summed E-state index contributed by atoms with van der Waals surface area (Å²) in [6.45, 7) is 2.04. The van der Waals surface area contributed by atoms with Crippen molar-refractivity contribution < 1.29 is 14.3 Å². The summed E-state index contributed by atoms with van der Waals surface area (Å²) in [4.78, 5) is 21.2. The number of benzene rings is 2. The number of hydrogen-bond acceptors (Lipinski definition) is 8. The summed E-state index contributed by atoms with van der Waals surface area (Å²) < 4.78 is 12.1. The molecule has 0 radical (unpaired) electrons. The zero-order valence-corrected chi connectivity index (χ0v) is 22.8. The first-order valence-electron chi connectivity index (χ1n) is 13.8. The van der Waals surface area contributed by atoms with E-state index in [2.05, 4.69) is 38.5 Å². The number of hydrogen-bond donors (Lipinski definition) is 2. The Balaban J connectivity index is 1.14. The van der Waals surface area contributed by atoms with Crippen molar-refractivity contribution in [1.29, 1.82) is 5.26 Å². The lowest BCUT2D eigenvalue weighted by atomic mass is 10.2. The highest BCUT2D eigenvalue weighted by molar-refractivity contribution is 5.93. The zero-order valence-electron chi connectivity index (χ0n) is 22.8. The van der Waals surface area contributed by atoms with Crippen LogP contribution in [0, 0.1) is 11.3 Å². The predicted octanol–water partition coefficient (Wildman–Crippen LogP) is 5.08. The molecule has 6 rings (SSSR count). The molecular formula is C31H31N7O3. The molecule has 41 heavy (non-hydrogen) atoms. The highest BCUT2D eigenvalue weighted by atomic mass is 16.5. The smallest absolute Gasteiger partial charge is 0.246 e. The maximum atomic E-state index is 12.7. The summed E-state index contributed by atoms with van der Waals surface area (Å²) in [6, 6.07) is 19.2. The summed E-state index contributed by atoms with van der Waals surface area (Å²) in [5.41, 5.74) is 0.893. The van der Waals surface area contributed by atoms with Crippen molar-refractivity contribution in [2.24, 2.45) is 0 Å². The van der Waals surface area contributed by atoms with Gasteiger partial charge >= 0.3 is 0 Å². The van der Waals surface area contributed by atoms with E-state index < -0.39 is 0 Å². The Morgan fingerprint density at radius 3 is 2.80 bits per heavy atom. The van der Waals surface area contributed by atoms with E-state index in [1.165, 1.54) is 12.8 Å². The molecule has 10 nitrogen and oxygen atoms in total. The Morgan fingerprint density at radius 2 is 2.00 bits per heavy atom. The van der Waals surface area contributed by atoms with Gasteiger partial charge in [-0.15, -0.1) is 0 Å². The third-order valence-corrected chi connectivity index (χ3v) is 7.36. The average molecular weight is 550 g/mol. The maximum absolute atomic E-state index is 12.7. The Kier molecular flexibility index (Phi) is 7.52. The molecule has 1 unspecified atom stereocenters. The molecule has 1 aliphatic heterocycles. The van der Waals surface area contributed by atoms with E-state index in [0.717, 1.165) is 13.0 Å². The highest BCUT2D eigenvalue weighted by Crippen LogP contribution is 2.36. The van der Waals surface area contributed by atoms with Crippen LogP contribution in [0.2, 0.25) is 0 Å². The van der Waals surface area contributed by atoms with E-state index in [-0.39, 0.29) is 11.9 Å². The van der Waals surface area contributed by atoms with Crippen LogP contribution in [0.25, 0.3) is 11.0 Å². The fourth-order valence-electron chi connectivity index (χ4n) is 4.97. The average Bonchev–Trinajstić information content (AvgIpc) is 3.61. The molecule has 2 aliphatic rings. The molecule has 1 saturated carbocycles. The largest absolute Gasteiger partial charge is 0.457 e. The van der Waals surface area contributed by atoms with Crippen LogP contribution in [-0.2, 0) is 4.79 Å². The number of pyridine rings is 1. The van der Waals surface area contributed by atoms with Crippen molar-refractivity contribution in [3.63, 3.8) is 0 Å². The number of nitrogens with zero attached hydrogens (tertiary/aromatic N) is 5. The van der Waals surface area contributed by atoms with Crippen LogP contribution in [0.1, 0.15) is 24.8 Å². The van der Waals surface area contributed by atoms with Gasteiger partial charge in [-0.1, -0.05) is 24.3 Å². The Bertz CT molecular complexity index is 1610. The number of anilines is 1.